The van der Waals surface area contributed by atoms with E-state index in [2.05, 4.69) is 25.3 Å². The van der Waals surface area contributed by atoms with Crippen LogP contribution in [0.1, 0.15) is 25.7 Å². The summed E-state index contributed by atoms with van der Waals surface area (Å²) in [5.41, 5.74) is 2.13. The van der Waals surface area contributed by atoms with Gasteiger partial charge in [0.25, 0.3) is 0 Å². The van der Waals surface area contributed by atoms with Gasteiger partial charge in [0.2, 0.25) is 5.95 Å². The van der Waals surface area contributed by atoms with Gasteiger partial charge in [-0.2, -0.15) is 4.98 Å². The number of nitrogens with one attached hydrogen (secondary N) is 2. The molecule has 1 fully saturated rings. The van der Waals surface area contributed by atoms with Crippen LogP contribution in [0.25, 0.3) is 11.3 Å². The Hall–Kier alpha value is -3.00. The van der Waals surface area contributed by atoms with Crippen LogP contribution >= 0.6 is 11.6 Å². The summed E-state index contributed by atoms with van der Waals surface area (Å²) in [6, 6.07) is 15.7. The van der Waals surface area contributed by atoms with Crippen molar-refractivity contribution in [3.63, 3.8) is 0 Å². The maximum atomic E-state index is 12.5. The van der Waals surface area contributed by atoms with E-state index in [0.29, 0.717) is 23.5 Å². The highest BCUT2D eigenvalue weighted by molar-refractivity contribution is 6.32. The number of hydrogen-bond donors (Lipinski definition) is 2. The van der Waals surface area contributed by atoms with Crippen molar-refractivity contribution >= 4 is 29.1 Å². The van der Waals surface area contributed by atoms with Gasteiger partial charge >= 0.3 is 6.36 Å². The summed E-state index contributed by atoms with van der Waals surface area (Å²) in [5.74, 6) is 0.532. The zero-order valence-electron chi connectivity index (χ0n) is 16.4. The average Bonchev–Trinajstić information content (AvgIpc) is 3.23. The van der Waals surface area contributed by atoms with E-state index in [1.165, 1.54) is 25.0 Å². The summed E-state index contributed by atoms with van der Waals surface area (Å²) < 4.78 is 41.3. The predicted octanol–water partition coefficient (Wildman–Crippen LogP) is 6.79. The Bertz CT molecular complexity index is 1040. The van der Waals surface area contributed by atoms with Crippen LogP contribution in [0.3, 0.4) is 0 Å². The molecule has 5 nitrogen and oxygen atoms in total. The lowest BCUT2D eigenvalue weighted by Gasteiger charge is -2.15. The maximum Gasteiger partial charge on any atom is 0.573 e. The summed E-state index contributed by atoms with van der Waals surface area (Å²) in [5, 5.41) is 6.33. The highest BCUT2D eigenvalue weighted by atomic mass is 35.5. The van der Waals surface area contributed by atoms with E-state index < -0.39 is 12.1 Å². The van der Waals surface area contributed by atoms with Crippen LogP contribution in [0.4, 0.5) is 30.6 Å². The van der Waals surface area contributed by atoms with E-state index in [4.69, 9.17) is 11.6 Å². The zero-order chi connectivity index (χ0) is 21.8. The number of alkyl halides is 3. The quantitative estimate of drug-likeness (QED) is 0.434. The summed E-state index contributed by atoms with van der Waals surface area (Å²) in [6.45, 7) is 0. The topological polar surface area (TPSA) is 59.1 Å². The molecule has 9 heteroatoms. The number of halogens is 4. The van der Waals surface area contributed by atoms with Gasteiger partial charge in [-0.25, -0.2) is 4.98 Å². The number of anilines is 3. The molecule has 0 spiro atoms. The molecule has 1 aromatic heterocycles. The number of aromatic nitrogens is 2. The van der Waals surface area contributed by atoms with Gasteiger partial charge in [0.1, 0.15) is 11.6 Å². The van der Waals surface area contributed by atoms with E-state index >= 15 is 0 Å². The number of benzene rings is 2. The molecular weight excluding hydrogens is 429 g/mol. The van der Waals surface area contributed by atoms with Gasteiger partial charge < -0.3 is 15.4 Å². The third-order valence-electron chi connectivity index (χ3n) is 4.91. The fourth-order valence-electron chi connectivity index (χ4n) is 3.52. The second kappa shape index (κ2) is 9.01. The highest BCUT2D eigenvalue weighted by Gasteiger charge is 2.32. The van der Waals surface area contributed by atoms with Crippen LogP contribution in [0.2, 0.25) is 5.02 Å². The van der Waals surface area contributed by atoms with Gasteiger partial charge in [-0.15, -0.1) is 13.2 Å². The van der Waals surface area contributed by atoms with Crippen molar-refractivity contribution in [2.75, 3.05) is 10.6 Å². The van der Waals surface area contributed by atoms with Crippen molar-refractivity contribution in [2.24, 2.45) is 0 Å². The van der Waals surface area contributed by atoms with Crippen LogP contribution in [-0.4, -0.2) is 22.4 Å². The first kappa shape index (κ1) is 21.2. The minimum atomic E-state index is -4.81. The molecule has 0 saturated heterocycles. The number of nitrogens with zero attached hydrogens (tertiary/aromatic N) is 2. The molecule has 0 unspecified atom stereocenters. The van der Waals surface area contributed by atoms with Crippen molar-refractivity contribution in [1.29, 1.82) is 0 Å². The lowest BCUT2D eigenvalue weighted by Crippen LogP contribution is -2.17. The SMILES string of the molecule is FC(F)(F)Oc1ccc(Nc2cc(-c3ccccc3)nc(NC3CCCC3)n2)cc1Cl. The highest BCUT2D eigenvalue weighted by Crippen LogP contribution is 2.33. The van der Waals surface area contributed by atoms with E-state index in [9.17, 15) is 13.2 Å². The van der Waals surface area contributed by atoms with Crippen molar-refractivity contribution in [1.82, 2.24) is 9.97 Å². The molecule has 1 aliphatic rings. The molecule has 1 saturated carbocycles. The van der Waals surface area contributed by atoms with E-state index in [-0.39, 0.29) is 5.02 Å². The fourth-order valence-corrected chi connectivity index (χ4v) is 3.74. The summed E-state index contributed by atoms with van der Waals surface area (Å²) in [7, 11) is 0. The minimum Gasteiger partial charge on any atom is -0.404 e. The van der Waals surface area contributed by atoms with Crippen molar-refractivity contribution in [3.05, 3.63) is 59.6 Å². The van der Waals surface area contributed by atoms with Crippen LogP contribution in [-0.2, 0) is 0 Å². The Morgan fingerprint density at radius 3 is 2.39 bits per heavy atom. The molecule has 0 atom stereocenters. The normalized spacial score (nSPS) is 14.5. The molecule has 162 valence electrons. The molecular formula is C22H20ClF3N4O. The van der Waals surface area contributed by atoms with Gasteiger partial charge in [0.15, 0.2) is 0 Å². The standard InChI is InChI=1S/C22H20ClF3N4O/c23-17-12-16(10-11-19(17)31-22(24,25)26)27-20-13-18(14-6-2-1-3-7-14)29-21(30-20)28-15-8-4-5-9-15/h1-3,6-7,10-13,15H,4-5,8-9H2,(H2,27,28,29,30). The Kier molecular flexibility index (Phi) is 6.18. The Morgan fingerprint density at radius 1 is 0.968 bits per heavy atom. The van der Waals surface area contributed by atoms with Crippen molar-refractivity contribution in [2.45, 2.75) is 38.1 Å². The first-order chi connectivity index (χ1) is 14.9. The van der Waals surface area contributed by atoms with Crippen LogP contribution in [0.15, 0.2) is 54.6 Å². The minimum absolute atomic E-state index is 0.163. The van der Waals surface area contributed by atoms with Gasteiger partial charge in [-0.05, 0) is 31.0 Å². The summed E-state index contributed by atoms with van der Waals surface area (Å²) in [4.78, 5) is 9.19. The van der Waals surface area contributed by atoms with Crippen LogP contribution in [0, 0.1) is 0 Å². The number of ether oxygens (including phenoxy) is 1. The molecule has 0 bridgehead atoms. The first-order valence-corrected chi connectivity index (χ1v) is 10.3. The molecule has 0 amide bonds. The molecule has 1 aliphatic carbocycles. The van der Waals surface area contributed by atoms with Crippen LogP contribution < -0.4 is 15.4 Å². The smallest absolute Gasteiger partial charge is 0.404 e. The number of hydrogen-bond acceptors (Lipinski definition) is 5. The van der Waals surface area contributed by atoms with Gasteiger partial charge in [-0.1, -0.05) is 54.8 Å². The first-order valence-electron chi connectivity index (χ1n) is 9.89. The van der Waals surface area contributed by atoms with Crippen molar-refractivity contribution in [3.8, 4) is 17.0 Å². The summed E-state index contributed by atoms with van der Waals surface area (Å²) >= 11 is 5.96. The molecule has 4 rings (SSSR count). The molecule has 3 aromatic rings. The maximum absolute atomic E-state index is 12.5. The van der Waals surface area contributed by atoms with E-state index in [0.717, 1.165) is 30.2 Å². The Morgan fingerprint density at radius 2 is 1.71 bits per heavy atom. The van der Waals surface area contributed by atoms with Crippen molar-refractivity contribution < 1.29 is 17.9 Å². The van der Waals surface area contributed by atoms with Gasteiger partial charge in [0.05, 0.1) is 10.7 Å². The Balaban J connectivity index is 1.61. The Labute approximate surface area is 182 Å². The van der Waals surface area contributed by atoms with Gasteiger partial charge in [0, 0.05) is 23.4 Å². The molecule has 0 aliphatic heterocycles. The van der Waals surface area contributed by atoms with Gasteiger partial charge in [-0.3, -0.25) is 0 Å². The monoisotopic (exact) mass is 448 g/mol. The second-order valence-corrected chi connectivity index (χ2v) is 7.68. The number of rotatable bonds is 6. The lowest BCUT2D eigenvalue weighted by molar-refractivity contribution is -0.274. The molecule has 0 radical (unpaired) electrons. The van der Waals surface area contributed by atoms with E-state index in [1.54, 1.807) is 6.07 Å². The molecule has 2 aromatic carbocycles. The second-order valence-electron chi connectivity index (χ2n) is 7.27. The third-order valence-corrected chi connectivity index (χ3v) is 5.21. The molecule has 31 heavy (non-hydrogen) atoms. The average molecular weight is 449 g/mol. The lowest BCUT2D eigenvalue weighted by atomic mass is 10.1. The largest absolute Gasteiger partial charge is 0.573 e. The van der Waals surface area contributed by atoms with E-state index in [1.807, 2.05) is 30.3 Å². The predicted molar refractivity (Wildman–Crippen MR) is 115 cm³/mol. The fraction of sp³-hybridized carbons (Fsp3) is 0.273. The molecule has 2 N–H and O–H groups in total. The third kappa shape index (κ3) is 5.79. The molecule has 1 heterocycles. The van der Waals surface area contributed by atoms with Crippen LogP contribution in [0.5, 0.6) is 5.75 Å². The zero-order valence-corrected chi connectivity index (χ0v) is 17.2. The summed E-state index contributed by atoms with van der Waals surface area (Å²) in [6.07, 6.45) is -0.329.